The molecule has 4 bridgehead atoms. The van der Waals surface area contributed by atoms with Crippen LogP contribution in [0, 0.1) is 42.8 Å². The molecule has 0 radical (unpaired) electrons. The summed E-state index contributed by atoms with van der Waals surface area (Å²) >= 11 is 0. The lowest BCUT2D eigenvalue weighted by Gasteiger charge is -2.55. The van der Waals surface area contributed by atoms with Crippen LogP contribution < -0.4 is 0 Å². The highest BCUT2D eigenvalue weighted by molar-refractivity contribution is 5.94. The number of esters is 1. The van der Waals surface area contributed by atoms with E-state index in [0.29, 0.717) is 23.3 Å². The smallest absolute Gasteiger partial charge is 0.340 e. The molecule has 30 heavy (non-hydrogen) atoms. The van der Waals surface area contributed by atoms with Crippen molar-refractivity contribution in [3.8, 4) is 5.69 Å². The molecule has 4 aliphatic rings. The lowest BCUT2D eigenvalue weighted by Crippen LogP contribution is -2.51. The van der Waals surface area contributed by atoms with E-state index in [1.54, 1.807) is 18.2 Å². The molecule has 0 atom stereocenters. The molecule has 4 nitrogen and oxygen atoms in total. The average Bonchev–Trinajstić information content (AvgIpc) is 3.00. The Bertz CT molecular complexity index is 969. The Hall–Kier alpha value is -2.43. The van der Waals surface area contributed by atoms with Gasteiger partial charge in [0.05, 0.1) is 5.56 Å². The number of aromatic nitrogens is 1. The van der Waals surface area contributed by atoms with Crippen molar-refractivity contribution in [1.82, 2.24) is 4.57 Å². The Labute approximate surface area is 176 Å². The number of aryl methyl sites for hydroxylation is 1. The number of Topliss-reactive ketones (excluding diaryl/α,β-unsaturated/α-hetero) is 1. The first-order valence-corrected chi connectivity index (χ1v) is 11.0. The number of carbonyl (C=O) groups is 2. The van der Waals surface area contributed by atoms with Gasteiger partial charge in [-0.2, -0.15) is 0 Å². The van der Waals surface area contributed by atoms with Crippen molar-refractivity contribution >= 4 is 11.8 Å². The zero-order valence-electron chi connectivity index (χ0n) is 17.6. The van der Waals surface area contributed by atoms with Crippen LogP contribution in [-0.2, 0) is 9.53 Å². The maximum absolute atomic E-state index is 13.3. The van der Waals surface area contributed by atoms with Crippen molar-refractivity contribution < 1.29 is 18.7 Å². The fourth-order valence-electron chi connectivity index (χ4n) is 6.77. The van der Waals surface area contributed by atoms with E-state index in [1.807, 2.05) is 18.4 Å². The summed E-state index contributed by atoms with van der Waals surface area (Å²) in [6, 6.07) is 7.94. The highest BCUT2D eigenvalue weighted by Gasteiger charge is 2.54. The third kappa shape index (κ3) is 3.19. The maximum Gasteiger partial charge on any atom is 0.340 e. The third-order valence-electron chi connectivity index (χ3n) is 7.70. The number of ether oxygens (including phenoxy) is 1. The van der Waals surface area contributed by atoms with Gasteiger partial charge in [0.1, 0.15) is 5.82 Å². The van der Waals surface area contributed by atoms with Crippen LogP contribution in [-0.4, -0.2) is 22.9 Å². The number of ketones is 1. The molecule has 5 heteroatoms. The molecule has 1 heterocycles. The molecule has 2 aromatic rings. The molecule has 1 aromatic heterocycles. The van der Waals surface area contributed by atoms with Crippen molar-refractivity contribution in [1.29, 1.82) is 0 Å². The number of nitrogens with zero attached hydrogens (tertiary/aromatic N) is 1. The minimum absolute atomic E-state index is 0.113. The molecule has 0 aliphatic heterocycles. The van der Waals surface area contributed by atoms with E-state index in [0.717, 1.165) is 36.3 Å². The van der Waals surface area contributed by atoms with Gasteiger partial charge in [-0.25, -0.2) is 9.18 Å². The molecular weight excluding hydrogens is 381 g/mol. The molecule has 0 unspecified atom stereocenters. The van der Waals surface area contributed by atoms with E-state index in [1.165, 1.54) is 31.4 Å². The van der Waals surface area contributed by atoms with Gasteiger partial charge in [0.25, 0.3) is 0 Å². The lowest BCUT2D eigenvalue weighted by molar-refractivity contribution is -0.147. The quantitative estimate of drug-likeness (QED) is 0.640. The van der Waals surface area contributed by atoms with Crippen LogP contribution >= 0.6 is 0 Å². The predicted octanol–water partition coefficient (Wildman–Crippen LogP) is 5.18. The molecule has 1 aromatic carbocycles. The summed E-state index contributed by atoms with van der Waals surface area (Å²) in [7, 11) is 0. The van der Waals surface area contributed by atoms with Gasteiger partial charge in [0, 0.05) is 22.5 Å². The van der Waals surface area contributed by atoms with E-state index in [4.69, 9.17) is 4.74 Å². The van der Waals surface area contributed by atoms with Crippen molar-refractivity contribution in [3.05, 3.63) is 53.1 Å². The number of hydrogen-bond donors (Lipinski definition) is 0. The minimum Gasteiger partial charge on any atom is -0.454 e. The molecule has 6 rings (SSSR count). The van der Waals surface area contributed by atoms with Crippen LogP contribution in [0.5, 0.6) is 0 Å². The second-order valence-corrected chi connectivity index (χ2v) is 9.79. The molecule has 0 spiro atoms. The zero-order chi connectivity index (χ0) is 21.0. The van der Waals surface area contributed by atoms with Gasteiger partial charge in [-0.15, -0.1) is 0 Å². The highest BCUT2D eigenvalue weighted by atomic mass is 19.1. The number of rotatable bonds is 5. The third-order valence-corrected chi connectivity index (χ3v) is 7.70. The van der Waals surface area contributed by atoms with Crippen LogP contribution in [0.15, 0.2) is 30.3 Å². The predicted molar refractivity (Wildman–Crippen MR) is 111 cm³/mol. The fraction of sp³-hybridized carbons (Fsp3) is 0.520. The summed E-state index contributed by atoms with van der Waals surface area (Å²) in [6.45, 7) is 3.60. The van der Waals surface area contributed by atoms with Gasteiger partial charge in [-0.1, -0.05) is 0 Å². The van der Waals surface area contributed by atoms with Crippen molar-refractivity contribution in [2.75, 3.05) is 6.61 Å². The first kappa shape index (κ1) is 19.5. The van der Waals surface area contributed by atoms with Gasteiger partial charge in [0.2, 0.25) is 0 Å². The van der Waals surface area contributed by atoms with Crippen molar-refractivity contribution in [3.63, 3.8) is 0 Å². The molecule has 4 fully saturated rings. The standard InChI is InChI=1S/C25H28FNO3/c1-15-7-22(16(2)27(15)21-5-3-20(26)4-6-21)24(29)30-14-23(28)25-11-17-8-18(12-25)10-19(9-17)13-25/h3-7,17-19H,8-14H2,1-2H3. The topological polar surface area (TPSA) is 48.3 Å². The summed E-state index contributed by atoms with van der Waals surface area (Å²) in [5.74, 6) is 1.41. The van der Waals surface area contributed by atoms with Crippen LogP contribution in [0.2, 0.25) is 0 Å². The average molecular weight is 410 g/mol. The lowest BCUT2D eigenvalue weighted by atomic mass is 9.48. The molecular formula is C25H28FNO3. The largest absolute Gasteiger partial charge is 0.454 e. The normalized spacial score (nSPS) is 29.2. The highest BCUT2D eigenvalue weighted by Crippen LogP contribution is 2.60. The van der Waals surface area contributed by atoms with Crippen LogP contribution in [0.1, 0.15) is 60.3 Å². The summed E-state index contributed by atoms with van der Waals surface area (Å²) in [6.07, 6.45) is 6.78. The van der Waals surface area contributed by atoms with E-state index in [-0.39, 0.29) is 23.6 Å². The van der Waals surface area contributed by atoms with E-state index in [2.05, 4.69) is 0 Å². The monoisotopic (exact) mass is 409 g/mol. The molecule has 158 valence electrons. The summed E-state index contributed by atoms with van der Waals surface area (Å²) in [4.78, 5) is 25.9. The van der Waals surface area contributed by atoms with Gasteiger partial charge < -0.3 is 9.30 Å². The first-order chi connectivity index (χ1) is 14.3. The van der Waals surface area contributed by atoms with Crippen molar-refractivity contribution in [2.45, 2.75) is 52.4 Å². The maximum atomic E-state index is 13.3. The Balaban J connectivity index is 1.30. The fourth-order valence-corrected chi connectivity index (χ4v) is 6.77. The number of hydrogen-bond acceptors (Lipinski definition) is 3. The number of halogens is 1. The molecule has 0 saturated heterocycles. The summed E-state index contributed by atoms with van der Waals surface area (Å²) in [5.41, 5.74) is 2.58. The zero-order valence-corrected chi connectivity index (χ0v) is 17.6. The van der Waals surface area contributed by atoms with Gasteiger partial charge in [-0.3, -0.25) is 4.79 Å². The van der Waals surface area contributed by atoms with Gasteiger partial charge in [-0.05, 0) is 100 Å². The van der Waals surface area contributed by atoms with E-state index < -0.39 is 5.97 Å². The first-order valence-electron chi connectivity index (χ1n) is 11.0. The van der Waals surface area contributed by atoms with E-state index >= 15 is 0 Å². The Morgan fingerprint density at radius 2 is 1.60 bits per heavy atom. The summed E-state index contributed by atoms with van der Waals surface area (Å²) < 4.78 is 20.7. The van der Waals surface area contributed by atoms with E-state index in [9.17, 15) is 14.0 Å². The molecule has 0 amide bonds. The van der Waals surface area contributed by atoms with Crippen LogP contribution in [0.3, 0.4) is 0 Å². The Kier molecular flexibility index (Phi) is 4.60. The Morgan fingerprint density at radius 1 is 1.03 bits per heavy atom. The second-order valence-electron chi connectivity index (χ2n) is 9.79. The Morgan fingerprint density at radius 3 is 2.17 bits per heavy atom. The minimum atomic E-state index is -0.463. The summed E-state index contributed by atoms with van der Waals surface area (Å²) in [5, 5.41) is 0. The molecule has 4 aliphatic carbocycles. The number of carbonyl (C=O) groups excluding carboxylic acids is 2. The van der Waals surface area contributed by atoms with Gasteiger partial charge >= 0.3 is 5.97 Å². The second kappa shape index (κ2) is 7.07. The van der Waals surface area contributed by atoms with Crippen LogP contribution in [0.4, 0.5) is 4.39 Å². The van der Waals surface area contributed by atoms with Crippen molar-refractivity contribution in [2.24, 2.45) is 23.2 Å². The SMILES string of the molecule is Cc1cc(C(=O)OCC(=O)C23CC4CC(CC(C4)C2)C3)c(C)n1-c1ccc(F)cc1. The number of benzene rings is 1. The molecule has 4 saturated carbocycles. The van der Waals surface area contributed by atoms with Crippen LogP contribution in [0.25, 0.3) is 5.69 Å². The molecule has 0 N–H and O–H groups in total. The van der Waals surface area contributed by atoms with Gasteiger partial charge in [0.15, 0.2) is 12.4 Å².